The van der Waals surface area contributed by atoms with Crippen molar-refractivity contribution in [3.05, 3.63) is 64.2 Å². The number of aromatic nitrogens is 3. The number of primary amides is 2. The van der Waals surface area contributed by atoms with Crippen molar-refractivity contribution in [1.29, 1.82) is 0 Å². The van der Waals surface area contributed by atoms with Crippen LogP contribution in [0.5, 0.6) is 0 Å². The van der Waals surface area contributed by atoms with Crippen LogP contribution >= 0.6 is 23.2 Å². The van der Waals surface area contributed by atoms with E-state index in [0.717, 1.165) is 16.5 Å². The van der Waals surface area contributed by atoms with Crippen LogP contribution in [-0.4, -0.2) is 26.7 Å². The predicted molar refractivity (Wildman–Crippen MR) is 109 cm³/mol. The lowest BCUT2D eigenvalue weighted by molar-refractivity contribution is -0.106. The quantitative estimate of drug-likeness (QED) is 0.488. The first kappa shape index (κ1) is 19.6. The van der Waals surface area contributed by atoms with Crippen LogP contribution in [0.1, 0.15) is 16.2 Å². The minimum absolute atomic E-state index is 0.250. The number of rotatable bonds is 2. The zero-order valence-electron chi connectivity index (χ0n) is 14.7. The molecule has 0 spiro atoms. The van der Waals surface area contributed by atoms with Crippen molar-refractivity contribution in [2.45, 2.75) is 6.92 Å². The molecule has 0 saturated heterocycles. The highest BCUT2D eigenvalue weighted by Gasteiger charge is 2.21. The van der Waals surface area contributed by atoms with Crippen molar-refractivity contribution in [2.75, 3.05) is 0 Å². The van der Waals surface area contributed by atoms with Gasteiger partial charge in [0.1, 0.15) is 17.0 Å². The first-order valence-corrected chi connectivity index (χ1v) is 8.81. The highest BCUT2D eigenvalue weighted by Crippen LogP contribution is 2.34. The Labute approximate surface area is 169 Å². The number of aryl methyl sites for hydroxylation is 1. The number of hydrogen-bond acceptors (Lipinski definition) is 4. The SMILES string of the molecule is Cc1cc2c(ccn3c(C(N)=O)c(-c4ccc(Cl)cc4Cl)nc23)cn1.NC=O. The molecular weight excluding hydrogens is 401 g/mol. The minimum atomic E-state index is -0.585. The lowest BCUT2D eigenvalue weighted by Crippen LogP contribution is -2.15. The molecule has 7 nitrogen and oxygen atoms in total. The molecule has 1 aromatic carbocycles. The molecule has 2 amide bonds. The summed E-state index contributed by atoms with van der Waals surface area (Å²) in [5.74, 6) is -0.585. The molecular formula is C19H15Cl2N5O2. The number of nitrogens with two attached hydrogens (primary N) is 2. The summed E-state index contributed by atoms with van der Waals surface area (Å²) in [4.78, 5) is 29.7. The van der Waals surface area contributed by atoms with Gasteiger partial charge in [0.25, 0.3) is 5.91 Å². The van der Waals surface area contributed by atoms with E-state index in [2.05, 4.69) is 15.7 Å². The number of fused-ring (bicyclic) bond motifs is 3. The molecule has 0 unspecified atom stereocenters. The predicted octanol–water partition coefficient (Wildman–Crippen LogP) is 3.37. The number of carbonyl (C=O) groups excluding carboxylic acids is 2. The second-order valence-corrected chi connectivity index (χ2v) is 6.70. The van der Waals surface area contributed by atoms with E-state index in [1.165, 1.54) is 0 Å². The Hall–Kier alpha value is -3.16. The van der Waals surface area contributed by atoms with Crippen LogP contribution in [0.4, 0.5) is 0 Å². The molecule has 28 heavy (non-hydrogen) atoms. The van der Waals surface area contributed by atoms with Gasteiger partial charge in [-0.05, 0) is 37.3 Å². The van der Waals surface area contributed by atoms with Gasteiger partial charge in [-0.2, -0.15) is 0 Å². The Morgan fingerprint density at radius 3 is 2.57 bits per heavy atom. The number of imidazole rings is 1. The molecule has 0 aliphatic rings. The second-order valence-electron chi connectivity index (χ2n) is 5.86. The molecule has 4 rings (SSSR count). The van der Waals surface area contributed by atoms with E-state index >= 15 is 0 Å². The highest BCUT2D eigenvalue weighted by atomic mass is 35.5. The van der Waals surface area contributed by atoms with Crippen LogP contribution in [0.15, 0.2) is 42.7 Å². The first-order valence-electron chi connectivity index (χ1n) is 8.05. The largest absolute Gasteiger partial charge is 0.372 e. The van der Waals surface area contributed by atoms with Gasteiger partial charge in [-0.15, -0.1) is 0 Å². The van der Waals surface area contributed by atoms with Crippen molar-refractivity contribution in [3.8, 4) is 11.3 Å². The average Bonchev–Trinajstić information content (AvgIpc) is 3.02. The summed E-state index contributed by atoms with van der Waals surface area (Å²) in [6.45, 7) is 1.90. The van der Waals surface area contributed by atoms with Gasteiger partial charge in [0.15, 0.2) is 0 Å². The van der Waals surface area contributed by atoms with Crippen LogP contribution in [0.25, 0.3) is 27.7 Å². The van der Waals surface area contributed by atoms with Gasteiger partial charge in [-0.1, -0.05) is 23.2 Å². The maximum absolute atomic E-state index is 12.1. The van der Waals surface area contributed by atoms with Crippen LogP contribution in [0, 0.1) is 6.92 Å². The number of halogens is 2. The fraction of sp³-hybridized carbons (Fsp3) is 0.0526. The number of hydrogen-bond donors (Lipinski definition) is 2. The number of benzene rings is 1. The Morgan fingerprint density at radius 1 is 1.21 bits per heavy atom. The molecule has 4 N–H and O–H groups in total. The molecule has 3 aromatic heterocycles. The number of nitrogens with zero attached hydrogens (tertiary/aromatic N) is 3. The molecule has 0 atom stereocenters. The lowest BCUT2D eigenvalue weighted by Gasteiger charge is -2.04. The summed E-state index contributed by atoms with van der Waals surface area (Å²) in [6, 6.07) is 8.84. The van der Waals surface area contributed by atoms with Crippen LogP contribution in [0.3, 0.4) is 0 Å². The maximum atomic E-state index is 12.1. The number of amides is 2. The van der Waals surface area contributed by atoms with Crippen molar-refractivity contribution in [1.82, 2.24) is 14.4 Å². The van der Waals surface area contributed by atoms with Gasteiger partial charge >= 0.3 is 0 Å². The number of pyridine rings is 2. The molecule has 3 heterocycles. The maximum Gasteiger partial charge on any atom is 0.268 e. The third kappa shape index (κ3) is 3.49. The molecule has 0 radical (unpaired) electrons. The van der Waals surface area contributed by atoms with Crippen LogP contribution < -0.4 is 11.5 Å². The third-order valence-corrected chi connectivity index (χ3v) is 4.59. The van der Waals surface area contributed by atoms with E-state index in [4.69, 9.17) is 33.7 Å². The standard InChI is InChI=1S/C18H12Cl2N4O.CH3NO/c1-9-6-13-10(8-22-9)4-5-24-16(17(21)25)15(23-18(13)24)12-3-2-11(19)7-14(12)20;2-1-3/h2-8H,1H3,(H2,21,25);1H,(H2,2,3). The molecule has 0 fully saturated rings. The third-order valence-electron chi connectivity index (χ3n) is 4.05. The lowest BCUT2D eigenvalue weighted by atomic mass is 10.1. The molecule has 0 aliphatic carbocycles. The molecule has 0 saturated carbocycles. The fourth-order valence-electron chi connectivity index (χ4n) is 2.92. The van der Waals surface area contributed by atoms with Crippen LogP contribution in [0.2, 0.25) is 10.0 Å². The molecule has 142 valence electrons. The van der Waals surface area contributed by atoms with Crippen molar-refractivity contribution >= 4 is 51.9 Å². The second kappa shape index (κ2) is 7.84. The highest BCUT2D eigenvalue weighted by molar-refractivity contribution is 6.36. The summed E-state index contributed by atoms with van der Waals surface area (Å²) in [7, 11) is 0. The van der Waals surface area contributed by atoms with E-state index < -0.39 is 5.91 Å². The van der Waals surface area contributed by atoms with Crippen molar-refractivity contribution in [3.63, 3.8) is 0 Å². The molecule has 4 aromatic rings. The van der Waals surface area contributed by atoms with Gasteiger partial charge in [-0.3, -0.25) is 19.0 Å². The molecule has 0 aliphatic heterocycles. The number of carbonyl (C=O) groups is 2. The minimum Gasteiger partial charge on any atom is -0.372 e. The summed E-state index contributed by atoms with van der Waals surface area (Å²) < 4.78 is 1.68. The van der Waals surface area contributed by atoms with Crippen LogP contribution in [-0.2, 0) is 4.79 Å². The normalized spacial score (nSPS) is 10.5. The summed E-state index contributed by atoms with van der Waals surface area (Å²) in [5.41, 5.74) is 12.6. The Bertz CT molecular complexity index is 1220. The molecule has 9 heteroatoms. The van der Waals surface area contributed by atoms with E-state index in [1.807, 2.05) is 19.1 Å². The van der Waals surface area contributed by atoms with E-state index in [9.17, 15) is 4.79 Å². The van der Waals surface area contributed by atoms with Crippen molar-refractivity contribution in [2.24, 2.45) is 11.5 Å². The van der Waals surface area contributed by atoms with Crippen molar-refractivity contribution < 1.29 is 9.59 Å². The van der Waals surface area contributed by atoms with Gasteiger partial charge in [0, 0.05) is 39.4 Å². The van der Waals surface area contributed by atoms with E-state index in [0.29, 0.717) is 26.9 Å². The Balaban J connectivity index is 0.000000706. The zero-order chi connectivity index (χ0) is 20.4. The van der Waals surface area contributed by atoms with Gasteiger partial charge in [0.05, 0.1) is 5.02 Å². The first-order chi connectivity index (χ1) is 13.4. The Morgan fingerprint density at radius 2 is 1.93 bits per heavy atom. The average molecular weight is 416 g/mol. The summed E-state index contributed by atoms with van der Waals surface area (Å²) in [5, 5.41) is 2.72. The van der Waals surface area contributed by atoms with Gasteiger partial charge < -0.3 is 11.5 Å². The zero-order valence-corrected chi connectivity index (χ0v) is 16.2. The topological polar surface area (TPSA) is 116 Å². The Kier molecular flexibility index (Phi) is 5.48. The fourth-order valence-corrected chi connectivity index (χ4v) is 3.42. The van der Waals surface area contributed by atoms with E-state index in [1.54, 1.807) is 35.0 Å². The van der Waals surface area contributed by atoms with E-state index in [-0.39, 0.29) is 12.1 Å². The summed E-state index contributed by atoms with van der Waals surface area (Å²) >= 11 is 12.3. The van der Waals surface area contributed by atoms with Gasteiger partial charge in [0.2, 0.25) is 6.41 Å². The summed E-state index contributed by atoms with van der Waals surface area (Å²) in [6.07, 6.45) is 3.79. The molecule has 0 bridgehead atoms. The smallest absolute Gasteiger partial charge is 0.268 e. The monoisotopic (exact) mass is 415 g/mol. The van der Waals surface area contributed by atoms with Gasteiger partial charge in [-0.25, -0.2) is 4.98 Å².